The molecule has 48 valence electrons. The van der Waals surface area contributed by atoms with E-state index in [1.807, 2.05) is 0 Å². The van der Waals surface area contributed by atoms with Crippen LogP contribution in [-0.4, -0.2) is 12.8 Å². The third-order valence-corrected chi connectivity index (χ3v) is 1.38. The Morgan fingerprint density at radius 1 is 1.50 bits per heavy atom. The molecule has 0 bridgehead atoms. The van der Waals surface area contributed by atoms with Crippen molar-refractivity contribution in [1.29, 1.82) is 0 Å². The number of hydrogen-bond acceptors (Lipinski definition) is 2. The molecule has 0 saturated heterocycles. The van der Waals surface area contributed by atoms with E-state index in [0.29, 0.717) is 6.42 Å². The van der Waals surface area contributed by atoms with Gasteiger partial charge in [-0.15, -0.1) is 0 Å². The van der Waals surface area contributed by atoms with Gasteiger partial charge < -0.3 is 4.79 Å². The van der Waals surface area contributed by atoms with E-state index in [4.69, 9.17) is 0 Å². The molecule has 0 amide bonds. The molecule has 8 heavy (non-hydrogen) atoms. The SMILES string of the molecule is O=CCCCCNI. The van der Waals surface area contributed by atoms with Gasteiger partial charge in [0.25, 0.3) is 0 Å². The zero-order chi connectivity index (χ0) is 6.24. The largest absolute Gasteiger partial charge is 0.303 e. The first-order chi connectivity index (χ1) is 3.91. The standard InChI is InChI=1S/C5H10INO/c6-7-4-2-1-3-5-8/h5,7H,1-4H2. The van der Waals surface area contributed by atoms with Gasteiger partial charge in [-0.25, -0.2) is 0 Å². The summed E-state index contributed by atoms with van der Waals surface area (Å²) < 4.78 is 2.98. The van der Waals surface area contributed by atoms with Crippen LogP contribution >= 0.6 is 22.9 Å². The molecule has 0 aliphatic carbocycles. The summed E-state index contributed by atoms with van der Waals surface area (Å²) in [6, 6.07) is 0. The van der Waals surface area contributed by atoms with Gasteiger partial charge in [-0.3, -0.25) is 3.53 Å². The molecule has 0 aromatic heterocycles. The van der Waals surface area contributed by atoms with Crippen LogP contribution in [0.3, 0.4) is 0 Å². The summed E-state index contributed by atoms with van der Waals surface area (Å²) in [4.78, 5) is 9.75. The van der Waals surface area contributed by atoms with Gasteiger partial charge in [0.05, 0.1) is 0 Å². The fourth-order valence-electron chi connectivity index (χ4n) is 0.419. The highest BCUT2D eigenvalue weighted by atomic mass is 127. The van der Waals surface area contributed by atoms with E-state index < -0.39 is 0 Å². The molecular weight excluding hydrogens is 217 g/mol. The van der Waals surface area contributed by atoms with E-state index in [2.05, 4.69) is 26.4 Å². The first-order valence-electron chi connectivity index (χ1n) is 2.69. The number of rotatable bonds is 5. The highest BCUT2D eigenvalue weighted by molar-refractivity contribution is 14.1. The molecule has 0 heterocycles. The topological polar surface area (TPSA) is 29.1 Å². The lowest BCUT2D eigenvalue weighted by atomic mass is 10.2. The van der Waals surface area contributed by atoms with Crippen LogP contribution in [-0.2, 0) is 4.79 Å². The third-order valence-electron chi connectivity index (χ3n) is 0.843. The molecule has 0 aromatic rings. The molecule has 0 fully saturated rings. The van der Waals surface area contributed by atoms with Gasteiger partial charge in [0.2, 0.25) is 0 Å². The Balaban J connectivity index is 2.62. The zero-order valence-electron chi connectivity index (χ0n) is 4.69. The van der Waals surface area contributed by atoms with Crippen molar-refractivity contribution < 1.29 is 4.79 Å². The lowest BCUT2D eigenvalue weighted by molar-refractivity contribution is -0.107. The number of halogens is 1. The molecule has 3 heteroatoms. The minimum absolute atomic E-state index is 0.707. The lowest BCUT2D eigenvalue weighted by Gasteiger charge is -1.91. The first-order valence-corrected chi connectivity index (χ1v) is 3.77. The molecule has 0 atom stereocenters. The molecule has 1 N–H and O–H groups in total. The maximum atomic E-state index is 9.75. The molecular formula is C5H10INO. The number of carbonyl (C=O) groups is 1. The Labute approximate surface area is 63.5 Å². The first kappa shape index (κ1) is 8.36. The maximum Gasteiger partial charge on any atom is 0.119 e. The highest BCUT2D eigenvalue weighted by Crippen LogP contribution is 1.90. The summed E-state index contributed by atoms with van der Waals surface area (Å²) in [6.07, 6.45) is 3.78. The van der Waals surface area contributed by atoms with Crippen LogP contribution in [0, 0.1) is 0 Å². The van der Waals surface area contributed by atoms with Gasteiger partial charge in [0.15, 0.2) is 0 Å². The third kappa shape index (κ3) is 6.36. The van der Waals surface area contributed by atoms with Crippen molar-refractivity contribution in [2.24, 2.45) is 0 Å². The molecule has 0 rings (SSSR count). The predicted octanol–water partition coefficient (Wildman–Crippen LogP) is 1.30. The Bertz CT molecular complexity index is 58.4. The Morgan fingerprint density at radius 2 is 2.25 bits per heavy atom. The monoisotopic (exact) mass is 227 g/mol. The van der Waals surface area contributed by atoms with Crippen LogP contribution < -0.4 is 3.53 Å². The van der Waals surface area contributed by atoms with Gasteiger partial charge >= 0.3 is 0 Å². The fourth-order valence-corrected chi connectivity index (χ4v) is 0.801. The van der Waals surface area contributed by atoms with Crippen molar-refractivity contribution in [2.45, 2.75) is 19.3 Å². The minimum Gasteiger partial charge on any atom is -0.303 e. The minimum atomic E-state index is 0.707. The Morgan fingerprint density at radius 3 is 2.75 bits per heavy atom. The van der Waals surface area contributed by atoms with E-state index >= 15 is 0 Å². The summed E-state index contributed by atoms with van der Waals surface area (Å²) in [5.41, 5.74) is 0. The molecule has 0 aliphatic heterocycles. The molecule has 0 radical (unpaired) electrons. The van der Waals surface area contributed by atoms with E-state index in [9.17, 15) is 4.79 Å². The molecule has 0 saturated carbocycles. The Hall–Kier alpha value is 0.360. The number of carbonyl (C=O) groups excluding carboxylic acids is 1. The number of nitrogens with one attached hydrogen (secondary N) is 1. The molecule has 0 aliphatic rings. The van der Waals surface area contributed by atoms with Crippen molar-refractivity contribution >= 4 is 29.2 Å². The summed E-state index contributed by atoms with van der Waals surface area (Å²) in [7, 11) is 0. The van der Waals surface area contributed by atoms with E-state index in [1.165, 1.54) is 0 Å². The number of unbranched alkanes of at least 4 members (excludes halogenated alkanes) is 2. The Kier molecular flexibility index (Phi) is 7.69. The summed E-state index contributed by atoms with van der Waals surface area (Å²) in [5, 5.41) is 0. The van der Waals surface area contributed by atoms with E-state index in [0.717, 1.165) is 25.7 Å². The molecule has 0 unspecified atom stereocenters. The van der Waals surface area contributed by atoms with Gasteiger partial charge in [-0.2, -0.15) is 0 Å². The van der Waals surface area contributed by atoms with Gasteiger partial charge in [0, 0.05) is 35.8 Å². The second-order valence-electron chi connectivity index (χ2n) is 1.55. The van der Waals surface area contributed by atoms with Crippen LogP contribution in [0.5, 0.6) is 0 Å². The summed E-state index contributed by atoms with van der Waals surface area (Å²) >= 11 is 2.10. The molecule has 0 aromatic carbocycles. The zero-order valence-corrected chi connectivity index (χ0v) is 6.85. The second-order valence-corrected chi connectivity index (χ2v) is 2.31. The van der Waals surface area contributed by atoms with Gasteiger partial charge in [-0.05, 0) is 12.8 Å². The molecule has 2 nitrogen and oxygen atoms in total. The normalized spacial score (nSPS) is 9.12. The van der Waals surface area contributed by atoms with Crippen molar-refractivity contribution in [3.8, 4) is 0 Å². The molecule has 0 spiro atoms. The number of hydrogen-bond donors (Lipinski definition) is 1. The van der Waals surface area contributed by atoms with Crippen LogP contribution in [0.25, 0.3) is 0 Å². The quantitative estimate of drug-likeness (QED) is 0.332. The van der Waals surface area contributed by atoms with Crippen molar-refractivity contribution in [3.05, 3.63) is 0 Å². The van der Waals surface area contributed by atoms with Crippen LogP contribution in [0.4, 0.5) is 0 Å². The average Bonchev–Trinajstić information content (AvgIpc) is 1.81. The average molecular weight is 227 g/mol. The van der Waals surface area contributed by atoms with Crippen molar-refractivity contribution in [3.63, 3.8) is 0 Å². The van der Waals surface area contributed by atoms with E-state index in [1.54, 1.807) is 0 Å². The lowest BCUT2D eigenvalue weighted by Crippen LogP contribution is -1.98. The smallest absolute Gasteiger partial charge is 0.119 e. The van der Waals surface area contributed by atoms with Crippen molar-refractivity contribution in [1.82, 2.24) is 3.53 Å². The van der Waals surface area contributed by atoms with Crippen molar-refractivity contribution in [2.75, 3.05) is 6.54 Å². The second kappa shape index (κ2) is 7.36. The fraction of sp³-hybridized carbons (Fsp3) is 0.800. The van der Waals surface area contributed by atoms with Gasteiger partial charge in [0.1, 0.15) is 6.29 Å². The van der Waals surface area contributed by atoms with Gasteiger partial charge in [-0.1, -0.05) is 0 Å². The van der Waals surface area contributed by atoms with E-state index in [-0.39, 0.29) is 0 Å². The predicted molar refractivity (Wildman–Crippen MR) is 41.9 cm³/mol. The summed E-state index contributed by atoms with van der Waals surface area (Å²) in [5.74, 6) is 0. The van der Waals surface area contributed by atoms with Crippen LogP contribution in [0.2, 0.25) is 0 Å². The number of aldehydes is 1. The highest BCUT2D eigenvalue weighted by Gasteiger charge is 1.83. The summed E-state index contributed by atoms with van der Waals surface area (Å²) in [6.45, 7) is 1.01. The van der Waals surface area contributed by atoms with Crippen LogP contribution in [0.15, 0.2) is 0 Å². The van der Waals surface area contributed by atoms with Crippen LogP contribution in [0.1, 0.15) is 19.3 Å². The maximum absolute atomic E-state index is 9.75.